The number of imidazole rings is 1. The van der Waals surface area contributed by atoms with Gasteiger partial charge in [0.15, 0.2) is 0 Å². The number of para-hydroxylation sites is 1. The fourth-order valence-corrected chi connectivity index (χ4v) is 2.49. The fourth-order valence-electron chi connectivity index (χ4n) is 2.49. The zero-order chi connectivity index (χ0) is 13.4. The summed E-state index contributed by atoms with van der Waals surface area (Å²) in [4.78, 5) is 8.84. The van der Waals surface area contributed by atoms with E-state index in [2.05, 4.69) is 29.9 Å². The van der Waals surface area contributed by atoms with Gasteiger partial charge in [0, 0.05) is 6.20 Å². The van der Waals surface area contributed by atoms with Crippen molar-refractivity contribution in [2.75, 3.05) is 5.73 Å². The van der Waals surface area contributed by atoms with Gasteiger partial charge in [0.2, 0.25) is 5.95 Å². The molecule has 0 spiro atoms. The van der Waals surface area contributed by atoms with Gasteiger partial charge < -0.3 is 10.3 Å². The van der Waals surface area contributed by atoms with Crippen LogP contribution in [-0.4, -0.2) is 14.5 Å². The maximum Gasteiger partial charge on any atom is 0.201 e. The number of hydrogen-bond acceptors (Lipinski definition) is 3. The molecule has 0 fully saturated rings. The molecule has 96 valence electrons. The molecule has 0 aliphatic carbocycles. The number of pyridine rings is 1. The topological polar surface area (TPSA) is 56.7 Å². The molecule has 0 saturated carbocycles. The average Bonchev–Trinajstić information content (AvgIpc) is 2.76. The number of nitrogens with zero attached hydrogens (tertiary/aromatic N) is 3. The van der Waals surface area contributed by atoms with Crippen molar-refractivity contribution in [2.24, 2.45) is 0 Å². The van der Waals surface area contributed by atoms with Crippen LogP contribution in [0.4, 0.5) is 5.95 Å². The van der Waals surface area contributed by atoms with E-state index in [-0.39, 0.29) is 6.04 Å². The van der Waals surface area contributed by atoms with Crippen molar-refractivity contribution >= 4 is 17.0 Å². The summed E-state index contributed by atoms with van der Waals surface area (Å²) in [6.07, 6.45) is 1.80. The summed E-state index contributed by atoms with van der Waals surface area (Å²) in [6, 6.07) is 12.0. The minimum atomic E-state index is 0.0623. The van der Waals surface area contributed by atoms with Crippen LogP contribution in [0.25, 0.3) is 11.0 Å². The Kier molecular flexibility index (Phi) is 2.71. The Hall–Kier alpha value is -2.36. The van der Waals surface area contributed by atoms with Crippen LogP contribution in [0.3, 0.4) is 0 Å². The van der Waals surface area contributed by atoms with E-state index in [4.69, 9.17) is 5.73 Å². The number of nitrogen functional groups attached to an aromatic ring is 1. The highest BCUT2D eigenvalue weighted by atomic mass is 15.2. The Balaban J connectivity index is 2.23. The lowest BCUT2D eigenvalue weighted by molar-refractivity contribution is 0.646. The number of aryl methyl sites for hydroxylation is 1. The summed E-state index contributed by atoms with van der Waals surface area (Å²) < 4.78 is 2.05. The predicted octanol–water partition coefficient (Wildman–Crippen LogP) is 2.93. The molecule has 0 saturated heterocycles. The number of rotatable bonds is 2. The average molecular weight is 252 g/mol. The Bertz CT molecular complexity index is 716. The lowest BCUT2D eigenvalue weighted by Crippen LogP contribution is -2.11. The fraction of sp³-hybridized carbons (Fsp3) is 0.200. The summed E-state index contributed by atoms with van der Waals surface area (Å²) in [6.45, 7) is 4.16. The van der Waals surface area contributed by atoms with E-state index in [1.54, 1.807) is 6.20 Å². The molecule has 19 heavy (non-hydrogen) atoms. The van der Waals surface area contributed by atoms with Crippen LogP contribution in [0.15, 0.2) is 42.6 Å². The molecule has 0 amide bonds. The van der Waals surface area contributed by atoms with Crippen LogP contribution in [-0.2, 0) is 0 Å². The van der Waals surface area contributed by atoms with Crippen LogP contribution in [0.1, 0.15) is 24.2 Å². The monoisotopic (exact) mass is 252 g/mol. The molecule has 0 aliphatic rings. The van der Waals surface area contributed by atoms with Crippen molar-refractivity contribution in [3.8, 4) is 0 Å². The van der Waals surface area contributed by atoms with Crippen LogP contribution in [0, 0.1) is 6.92 Å². The summed E-state index contributed by atoms with van der Waals surface area (Å²) in [5.41, 5.74) is 10.3. The van der Waals surface area contributed by atoms with Crippen molar-refractivity contribution in [1.82, 2.24) is 14.5 Å². The molecule has 3 aromatic rings. The quantitative estimate of drug-likeness (QED) is 0.763. The number of anilines is 1. The van der Waals surface area contributed by atoms with E-state index in [0.29, 0.717) is 5.95 Å². The van der Waals surface area contributed by atoms with E-state index in [1.165, 1.54) is 5.56 Å². The number of nitrogens with two attached hydrogens (primary N) is 1. The maximum absolute atomic E-state index is 6.08. The lowest BCUT2D eigenvalue weighted by atomic mass is 10.1. The first kappa shape index (κ1) is 11.7. The molecule has 1 aromatic carbocycles. The molecule has 2 aromatic heterocycles. The zero-order valence-corrected chi connectivity index (χ0v) is 11.0. The minimum Gasteiger partial charge on any atom is -0.369 e. The van der Waals surface area contributed by atoms with Gasteiger partial charge in [0.25, 0.3) is 0 Å². The molecule has 1 unspecified atom stereocenters. The van der Waals surface area contributed by atoms with Crippen LogP contribution < -0.4 is 5.73 Å². The molecular weight excluding hydrogens is 236 g/mol. The summed E-state index contributed by atoms with van der Waals surface area (Å²) in [7, 11) is 0. The van der Waals surface area contributed by atoms with E-state index < -0.39 is 0 Å². The maximum atomic E-state index is 6.08. The zero-order valence-electron chi connectivity index (χ0n) is 11.0. The van der Waals surface area contributed by atoms with Crippen LogP contribution in [0.5, 0.6) is 0 Å². The second-order valence-electron chi connectivity index (χ2n) is 4.71. The second kappa shape index (κ2) is 4.39. The van der Waals surface area contributed by atoms with Crippen molar-refractivity contribution in [3.05, 3.63) is 53.9 Å². The molecule has 0 bridgehead atoms. The third kappa shape index (κ3) is 1.85. The van der Waals surface area contributed by atoms with Crippen molar-refractivity contribution in [1.29, 1.82) is 0 Å². The molecule has 0 radical (unpaired) electrons. The first-order valence-corrected chi connectivity index (χ1v) is 6.32. The van der Waals surface area contributed by atoms with E-state index in [0.717, 1.165) is 16.7 Å². The van der Waals surface area contributed by atoms with Crippen molar-refractivity contribution in [3.63, 3.8) is 0 Å². The van der Waals surface area contributed by atoms with E-state index in [9.17, 15) is 0 Å². The Morgan fingerprint density at radius 3 is 2.74 bits per heavy atom. The molecule has 3 rings (SSSR count). The molecule has 4 nitrogen and oxygen atoms in total. The number of fused-ring (bicyclic) bond motifs is 1. The van der Waals surface area contributed by atoms with Gasteiger partial charge in [-0.05, 0) is 37.6 Å². The smallest absolute Gasteiger partial charge is 0.201 e. The third-order valence-corrected chi connectivity index (χ3v) is 3.44. The number of aromatic nitrogens is 3. The first-order chi connectivity index (χ1) is 9.18. The van der Waals surface area contributed by atoms with Crippen LogP contribution >= 0.6 is 0 Å². The van der Waals surface area contributed by atoms with E-state index >= 15 is 0 Å². The van der Waals surface area contributed by atoms with Gasteiger partial charge in [-0.1, -0.05) is 18.2 Å². The standard InChI is InChI=1S/C15H16N4/c1-10-6-5-8-13-14(10)19(15(16)18-13)11(2)12-7-3-4-9-17-12/h3-9,11H,1-2H3,(H2,16,18). The number of benzene rings is 1. The number of hydrogen-bond donors (Lipinski definition) is 1. The van der Waals surface area contributed by atoms with Gasteiger partial charge in [-0.25, -0.2) is 4.98 Å². The third-order valence-electron chi connectivity index (χ3n) is 3.44. The second-order valence-corrected chi connectivity index (χ2v) is 4.71. The molecule has 2 N–H and O–H groups in total. The summed E-state index contributed by atoms with van der Waals surface area (Å²) >= 11 is 0. The SMILES string of the molecule is Cc1cccc2nc(N)n(C(C)c3ccccn3)c12. The van der Waals surface area contributed by atoms with Gasteiger partial charge >= 0.3 is 0 Å². The van der Waals surface area contributed by atoms with Gasteiger partial charge in [-0.2, -0.15) is 0 Å². The molecule has 0 aliphatic heterocycles. The largest absolute Gasteiger partial charge is 0.369 e. The lowest BCUT2D eigenvalue weighted by Gasteiger charge is -2.16. The molecule has 2 heterocycles. The Labute approximate surface area is 111 Å². The Morgan fingerprint density at radius 2 is 2.00 bits per heavy atom. The van der Waals surface area contributed by atoms with Gasteiger partial charge in [-0.3, -0.25) is 4.98 Å². The summed E-state index contributed by atoms with van der Waals surface area (Å²) in [5.74, 6) is 0.530. The molecule has 1 atom stereocenters. The Morgan fingerprint density at radius 1 is 1.16 bits per heavy atom. The highest BCUT2D eigenvalue weighted by Gasteiger charge is 2.17. The normalized spacial score (nSPS) is 12.7. The van der Waals surface area contributed by atoms with Crippen molar-refractivity contribution in [2.45, 2.75) is 19.9 Å². The van der Waals surface area contributed by atoms with Gasteiger partial charge in [0.1, 0.15) is 0 Å². The van der Waals surface area contributed by atoms with Gasteiger partial charge in [-0.15, -0.1) is 0 Å². The van der Waals surface area contributed by atoms with Gasteiger partial charge in [0.05, 0.1) is 22.8 Å². The minimum absolute atomic E-state index is 0.0623. The predicted molar refractivity (Wildman–Crippen MR) is 76.9 cm³/mol. The molecular formula is C15H16N4. The van der Waals surface area contributed by atoms with E-state index in [1.807, 2.05) is 34.9 Å². The van der Waals surface area contributed by atoms with Crippen LogP contribution in [0.2, 0.25) is 0 Å². The summed E-state index contributed by atoms with van der Waals surface area (Å²) in [5, 5.41) is 0. The van der Waals surface area contributed by atoms with Crippen molar-refractivity contribution < 1.29 is 0 Å². The highest BCUT2D eigenvalue weighted by molar-refractivity contribution is 5.81. The molecule has 4 heteroatoms. The highest BCUT2D eigenvalue weighted by Crippen LogP contribution is 2.28. The first-order valence-electron chi connectivity index (χ1n) is 6.32.